The van der Waals surface area contributed by atoms with Crippen molar-refractivity contribution in [3.05, 3.63) is 41.6 Å². The molecule has 0 radical (unpaired) electrons. The third kappa shape index (κ3) is 2.32. The first-order valence-corrected chi connectivity index (χ1v) is 5.52. The summed E-state index contributed by atoms with van der Waals surface area (Å²) in [5.41, 5.74) is 1.30. The normalized spacial score (nSPS) is 10.2. The number of nitrogens with one attached hydrogen (secondary N) is 1. The second-order valence-corrected chi connectivity index (χ2v) is 4.04. The van der Waals surface area contributed by atoms with Crippen molar-refractivity contribution in [2.24, 2.45) is 0 Å². The van der Waals surface area contributed by atoms with Crippen LogP contribution in [-0.4, -0.2) is 25.3 Å². The molecular formula is C12H15N4O2+. The van der Waals surface area contributed by atoms with Crippen LogP contribution in [0.1, 0.15) is 16.1 Å². The van der Waals surface area contributed by atoms with E-state index < -0.39 is 0 Å². The first kappa shape index (κ1) is 12.1. The molecule has 1 amide bonds. The molecule has 0 saturated heterocycles. The van der Waals surface area contributed by atoms with Gasteiger partial charge in [0.25, 0.3) is 5.91 Å². The third-order valence-corrected chi connectivity index (χ3v) is 2.48. The van der Waals surface area contributed by atoms with E-state index in [0.29, 0.717) is 11.4 Å². The Labute approximate surface area is 105 Å². The van der Waals surface area contributed by atoms with Crippen molar-refractivity contribution < 1.29 is 14.1 Å². The maximum absolute atomic E-state index is 11.9. The van der Waals surface area contributed by atoms with Crippen LogP contribution in [0.5, 0.6) is 0 Å². The minimum Gasteiger partial charge on any atom is -0.284 e. The maximum atomic E-state index is 11.9. The summed E-state index contributed by atoms with van der Waals surface area (Å²) in [6.45, 7) is 1.82. The van der Waals surface area contributed by atoms with Gasteiger partial charge in [-0.2, -0.15) is 5.01 Å². The summed E-state index contributed by atoms with van der Waals surface area (Å²) in [4.78, 5) is 13.5. The number of hydrogen-bond acceptors (Lipinski definition) is 4. The molecule has 0 saturated carbocycles. The van der Waals surface area contributed by atoms with E-state index in [2.05, 4.69) is 10.6 Å². The lowest BCUT2D eigenvalue weighted by atomic mass is 10.2. The van der Waals surface area contributed by atoms with E-state index in [1.807, 2.05) is 39.2 Å². The lowest BCUT2D eigenvalue weighted by molar-refractivity contribution is -0.758. The highest BCUT2D eigenvalue weighted by Crippen LogP contribution is 2.10. The van der Waals surface area contributed by atoms with E-state index in [1.165, 1.54) is 0 Å². The Hall–Kier alpha value is -2.37. The largest absolute Gasteiger partial charge is 0.309 e. The molecule has 94 valence electrons. The monoisotopic (exact) mass is 247 g/mol. The molecule has 2 aromatic rings. The lowest BCUT2D eigenvalue weighted by Gasteiger charge is -2.00. The average Bonchev–Trinajstić information content (AvgIpc) is 2.72. The molecule has 0 atom stereocenters. The fourth-order valence-corrected chi connectivity index (χ4v) is 1.55. The molecule has 0 aliphatic carbocycles. The molecule has 1 aromatic heterocycles. The van der Waals surface area contributed by atoms with E-state index in [9.17, 15) is 4.79 Å². The van der Waals surface area contributed by atoms with Crippen molar-refractivity contribution >= 4 is 11.8 Å². The van der Waals surface area contributed by atoms with Crippen LogP contribution in [-0.2, 0) is 0 Å². The number of carbonyl (C=O) groups excluding carboxylic acids is 1. The van der Waals surface area contributed by atoms with Crippen LogP contribution in [0.15, 0.2) is 34.9 Å². The van der Waals surface area contributed by atoms with E-state index >= 15 is 0 Å². The first-order valence-electron chi connectivity index (χ1n) is 5.52. The number of aromatic nitrogens is 2. The summed E-state index contributed by atoms with van der Waals surface area (Å²) in [6, 6.07) is 8.95. The standard InChI is InChI=1S/C12H14N4O2/c1-9-12(18-14-16(9)15(2)3)13-11(17)10-7-5-4-6-8-10/h4-8H,1-3H3/p+1. The van der Waals surface area contributed by atoms with Crippen molar-refractivity contribution in [2.75, 3.05) is 24.4 Å². The van der Waals surface area contributed by atoms with Gasteiger partial charge in [0.1, 0.15) is 0 Å². The Balaban J connectivity index is 2.18. The molecule has 0 unspecified atom stereocenters. The number of rotatable bonds is 3. The Morgan fingerprint density at radius 1 is 1.33 bits per heavy atom. The van der Waals surface area contributed by atoms with Crippen LogP contribution in [0, 0.1) is 6.92 Å². The van der Waals surface area contributed by atoms with Crippen LogP contribution >= 0.6 is 0 Å². The quantitative estimate of drug-likeness (QED) is 0.812. The van der Waals surface area contributed by atoms with E-state index in [1.54, 1.807) is 21.9 Å². The Kier molecular flexibility index (Phi) is 3.27. The predicted octanol–water partition coefficient (Wildman–Crippen LogP) is 0.720. The van der Waals surface area contributed by atoms with Crippen LogP contribution in [0.4, 0.5) is 5.88 Å². The van der Waals surface area contributed by atoms with Gasteiger partial charge < -0.3 is 0 Å². The number of carbonyl (C=O) groups is 1. The molecule has 1 aromatic carbocycles. The predicted molar refractivity (Wildman–Crippen MR) is 65.9 cm³/mol. The highest BCUT2D eigenvalue weighted by atomic mass is 16.5. The molecule has 6 heteroatoms. The number of amides is 1. The van der Waals surface area contributed by atoms with Gasteiger partial charge in [-0.05, 0) is 12.1 Å². The number of anilines is 1. The molecule has 0 spiro atoms. The minimum absolute atomic E-state index is 0.222. The van der Waals surface area contributed by atoms with E-state index in [0.717, 1.165) is 5.69 Å². The smallest absolute Gasteiger partial charge is 0.284 e. The van der Waals surface area contributed by atoms with Crippen molar-refractivity contribution in [1.29, 1.82) is 0 Å². The molecule has 0 aliphatic rings. The van der Waals surface area contributed by atoms with Gasteiger partial charge in [-0.15, -0.1) is 0 Å². The molecule has 0 fully saturated rings. The molecular weight excluding hydrogens is 232 g/mol. The summed E-state index contributed by atoms with van der Waals surface area (Å²) in [5, 5.41) is 8.25. The SMILES string of the molecule is Cc1c(NC(=O)c2ccccc2)on[n+]1N(C)C. The van der Waals surface area contributed by atoms with E-state index in [-0.39, 0.29) is 5.91 Å². The third-order valence-electron chi connectivity index (χ3n) is 2.48. The van der Waals surface area contributed by atoms with Crippen LogP contribution < -0.4 is 15.1 Å². The average molecular weight is 247 g/mol. The van der Waals surface area contributed by atoms with E-state index in [4.69, 9.17) is 4.52 Å². The zero-order valence-electron chi connectivity index (χ0n) is 10.5. The van der Waals surface area contributed by atoms with Gasteiger partial charge in [0, 0.05) is 12.5 Å². The molecule has 1 N–H and O–H groups in total. The molecule has 1 heterocycles. The summed E-state index contributed by atoms with van der Waals surface area (Å²) in [6.07, 6.45) is 0. The summed E-state index contributed by atoms with van der Waals surface area (Å²) in [7, 11) is 3.66. The summed E-state index contributed by atoms with van der Waals surface area (Å²) in [5.74, 6) is 0.123. The van der Waals surface area contributed by atoms with Crippen molar-refractivity contribution in [3.63, 3.8) is 0 Å². The zero-order valence-corrected chi connectivity index (χ0v) is 10.5. The van der Waals surface area contributed by atoms with Gasteiger partial charge in [-0.3, -0.25) is 14.6 Å². The fourth-order valence-electron chi connectivity index (χ4n) is 1.55. The molecule has 18 heavy (non-hydrogen) atoms. The first-order chi connectivity index (χ1) is 8.59. The topological polar surface area (TPSA) is 62.3 Å². The molecule has 6 nitrogen and oxygen atoms in total. The molecule has 2 rings (SSSR count). The van der Waals surface area contributed by atoms with Gasteiger partial charge >= 0.3 is 11.6 Å². The number of hydrogen-bond donors (Lipinski definition) is 1. The van der Waals surface area contributed by atoms with Gasteiger partial charge in [0.2, 0.25) is 5.27 Å². The summed E-state index contributed by atoms with van der Waals surface area (Å²) < 4.78 is 5.09. The molecule has 0 bridgehead atoms. The van der Waals surface area contributed by atoms with Crippen LogP contribution in [0.3, 0.4) is 0 Å². The Morgan fingerprint density at radius 2 is 2.00 bits per heavy atom. The van der Waals surface area contributed by atoms with Gasteiger partial charge in [-0.25, -0.2) is 0 Å². The minimum atomic E-state index is -0.222. The zero-order chi connectivity index (χ0) is 13.1. The van der Waals surface area contributed by atoms with Crippen molar-refractivity contribution in [3.8, 4) is 0 Å². The Morgan fingerprint density at radius 3 is 2.56 bits per heavy atom. The van der Waals surface area contributed by atoms with Crippen molar-refractivity contribution in [1.82, 2.24) is 5.27 Å². The summed E-state index contributed by atoms with van der Waals surface area (Å²) >= 11 is 0. The second kappa shape index (κ2) is 4.87. The van der Waals surface area contributed by atoms with Gasteiger partial charge in [0.15, 0.2) is 0 Å². The lowest BCUT2D eigenvalue weighted by Crippen LogP contribution is -2.56. The highest BCUT2D eigenvalue weighted by Gasteiger charge is 2.24. The molecule has 0 aliphatic heterocycles. The number of benzene rings is 1. The maximum Gasteiger partial charge on any atom is 0.309 e. The number of nitrogens with zero attached hydrogens (tertiary/aromatic N) is 3. The van der Waals surface area contributed by atoms with Gasteiger partial charge in [-0.1, -0.05) is 18.2 Å². The highest BCUT2D eigenvalue weighted by molar-refractivity contribution is 6.03. The van der Waals surface area contributed by atoms with Crippen LogP contribution in [0.2, 0.25) is 0 Å². The van der Waals surface area contributed by atoms with Gasteiger partial charge in [0.05, 0.1) is 18.9 Å². The van der Waals surface area contributed by atoms with Crippen LogP contribution in [0.25, 0.3) is 0 Å². The fraction of sp³-hybridized carbons (Fsp3) is 0.250. The second-order valence-electron chi connectivity index (χ2n) is 4.04. The van der Waals surface area contributed by atoms with Crippen molar-refractivity contribution in [2.45, 2.75) is 6.92 Å². The Bertz CT molecular complexity index is 548.